The van der Waals surface area contributed by atoms with Crippen molar-refractivity contribution in [2.75, 3.05) is 7.05 Å². The summed E-state index contributed by atoms with van der Waals surface area (Å²) in [5.41, 5.74) is 1.39. The van der Waals surface area contributed by atoms with Crippen LogP contribution in [-0.2, 0) is 0 Å². The molecule has 0 N–H and O–H groups in total. The van der Waals surface area contributed by atoms with E-state index in [1.807, 2.05) is 0 Å². The molecule has 0 spiro atoms. The van der Waals surface area contributed by atoms with Gasteiger partial charge in [0.15, 0.2) is 0 Å². The molecule has 4 aromatic rings. The number of unbranched alkanes of at least 4 members (excludes halogenated alkanes) is 6. The zero-order valence-electron chi connectivity index (χ0n) is 36.4. The van der Waals surface area contributed by atoms with Gasteiger partial charge in [0.1, 0.15) is 0 Å². The van der Waals surface area contributed by atoms with Gasteiger partial charge in [-0.25, -0.2) is 4.44 Å². The van der Waals surface area contributed by atoms with E-state index in [0.29, 0.717) is 0 Å². The lowest BCUT2D eigenvalue weighted by Crippen LogP contribution is -2.48. The van der Waals surface area contributed by atoms with E-state index in [1.165, 1.54) is 140 Å². The van der Waals surface area contributed by atoms with Crippen LogP contribution in [0.4, 0.5) is 0 Å². The highest BCUT2D eigenvalue weighted by molar-refractivity contribution is 7.84. The van der Waals surface area contributed by atoms with E-state index in [1.54, 1.807) is 10.4 Å². The van der Waals surface area contributed by atoms with Crippen molar-refractivity contribution in [2.45, 2.75) is 162 Å². The fraction of sp³-hybridized carbons (Fsp3) is 0.520. The van der Waals surface area contributed by atoms with E-state index in [2.05, 4.69) is 163 Å². The third-order valence-electron chi connectivity index (χ3n) is 12.4. The van der Waals surface area contributed by atoms with Crippen LogP contribution in [-0.4, -0.2) is 27.6 Å². The van der Waals surface area contributed by atoms with E-state index in [-0.39, 0.29) is 0 Å². The average Bonchev–Trinajstić information content (AvgIpc) is 3.22. The third kappa shape index (κ3) is 12.3. The van der Waals surface area contributed by atoms with Crippen LogP contribution in [0.25, 0.3) is 0 Å². The van der Waals surface area contributed by atoms with E-state index < -0.39 is 32.3 Å². The van der Waals surface area contributed by atoms with Crippen molar-refractivity contribution in [1.29, 1.82) is 0 Å². The molecule has 1 atom stereocenters. The largest absolute Gasteiger partial charge is 0.248 e. The highest BCUT2D eigenvalue weighted by atomic mass is 31.2. The van der Waals surface area contributed by atoms with Crippen LogP contribution >= 0.6 is 16.1 Å². The molecule has 0 aliphatic rings. The maximum Gasteiger partial charge on any atom is 0.0867 e. The monoisotopic (exact) mass is 810 g/mol. The molecule has 0 aliphatic carbocycles. The Labute approximate surface area is 344 Å². The van der Waals surface area contributed by atoms with Gasteiger partial charge >= 0.3 is 0 Å². The summed E-state index contributed by atoms with van der Waals surface area (Å²) in [6.45, 7) is 16.6. The first-order valence-corrected chi connectivity index (χ1v) is 30.3. The van der Waals surface area contributed by atoms with Crippen LogP contribution in [0.1, 0.15) is 124 Å². The van der Waals surface area contributed by atoms with Gasteiger partial charge in [0.25, 0.3) is 0 Å². The lowest BCUT2D eigenvalue weighted by molar-refractivity contribution is 0.800. The Morgan fingerprint density at radius 3 is 1.07 bits per heavy atom. The van der Waals surface area contributed by atoms with Gasteiger partial charge in [0.05, 0.1) is 16.1 Å². The van der Waals surface area contributed by atoms with Gasteiger partial charge in [-0.1, -0.05) is 268 Å². The summed E-state index contributed by atoms with van der Waals surface area (Å²) < 4.78 is 2.82. The second kappa shape index (κ2) is 24.1. The van der Waals surface area contributed by atoms with E-state index >= 15 is 0 Å². The second-order valence-corrected chi connectivity index (χ2v) is 30.6. The smallest absolute Gasteiger partial charge is 0.0867 e. The van der Waals surface area contributed by atoms with Gasteiger partial charge in [-0.3, -0.25) is 0 Å². The number of rotatable bonds is 26. The first-order valence-electron chi connectivity index (χ1n) is 22.5. The Kier molecular flexibility index (Phi) is 20.1. The van der Waals surface area contributed by atoms with Crippen molar-refractivity contribution in [1.82, 2.24) is 4.44 Å². The molecule has 0 aromatic heterocycles. The molecule has 1 nitrogen and oxygen atoms in total. The molecule has 55 heavy (non-hydrogen) atoms. The summed E-state index contributed by atoms with van der Waals surface area (Å²) in [6.07, 6.45) is 16.1. The molecule has 0 aliphatic heterocycles. The zero-order valence-corrected chi connectivity index (χ0v) is 40.2. The molecule has 0 heterocycles. The van der Waals surface area contributed by atoms with Crippen LogP contribution in [0.2, 0.25) is 36.3 Å². The van der Waals surface area contributed by atoms with Crippen molar-refractivity contribution in [3.05, 3.63) is 109 Å². The molecule has 0 amide bonds. The summed E-state index contributed by atoms with van der Waals surface area (Å²) in [5.74, 6) is 0. The first-order chi connectivity index (χ1) is 26.8. The Balaban J connectivity index is 1.89. The van der Waals surface area contributed by atoms with E-state index in [0.717, 1.165) is 0 Å². The maximum atomic E-state index is 2.82. The fourth-order valence-electron chi connectivity index (χ4n) is 9.02. The highest BCUT2D eigenvalue weighted by Gasteiger charge is 2.36. The van der Waals surface area contributed by atoms with Gasteiger partial charge in [-0.05, 0) is 40.8 Å². The van der Waals surface area contributed by atoms with Crippen molar-refractivity contribution >= 4 is 63.9 Å². The lowest BCUT2D eigenvalue weighted by atomic mass is 10.2. The molecule has 300 valence electrons. The molecule has 0 radical (unpaired) electrons. The van der Waals surface area contributed by atoms with Gasteiger partial charge in [-0.2, -0.15) is 0 Å². The normalized spacial score (nSPS) is 12.8. The number of hydrogen-bond acceptors (Lipinski definition) is 1. The topological polar surface area (TPSA) is 3.24 Å². The molecule has 4 rings (SSSR count). The standard InChI is InChI=1S/C50H77NP2Si2/c1-9-15-38-54(39-16-10-2,40-17-11-3)48-34-30-46(31-35-48)52(51(8)53(45-27-22-21-23-28-45)50-29-25-24-26-44(50)7)47-32-36-49(37-33-47)55(41-18-12-4,42-19-13-5)43-20-14-6/h21-37H,9-20,38-43H2,1-8H3. The molecule has 0 saturated heterocycles. The Morgan fingerprint density at radius 2 is 0.727 bits per heavy atom. The predicted octanol–water partition coefficient (Wildman–Crippen LogP) is 13.4. The lowest BCUT2D eigenvalue weighted by Gasteiger charge is -2.38. The zero-order chi connectivity index (χ0) is 39.5. The van der Waals surface area contributed by atoms with Crippen LogP contribution in [0.15, 0.2) is 103 Å². The summed E-state index contributed by atoms with van der Waals surface area (Å²) in [4.78, 5) is 0. The first kappa shape index (κ1) is 45.8. The molecule has 0 saturated carbocycles. The van der Waals surface area contributed by atoms with Crippen molar-refractivity contribution < 1.29 is 0 Å². The van der Waals surface area contributed by atoms with Gasteiger partial charge in [-0.15, -0.1) is 0 Å². The van der Waals surface area contributed by atoms with Crippen LogP contribution in [0.3, 0.4) is 0 Å². The number of nitrogens with zero attached hydrogens (tertiary/aromatic N) is 1. The van der Waals surface area contributed by atoms with Gasteiger partial charge in [0.2, 0.25) is 0 Å². The molecule has 0 fully saturated rings. The van der Waals surface area contributed by atoms with Crippen LogP contribution in [0, 0.1) is 6.92 Å². The predicted molar refractivity (Wildman–Crippen MR) is 260 cm³/mol. The highest BCUT2D eigenvalue weighted by Crippen LogP contribution is 2.53. The molecule has 0 bridgehead atoms. The SMILES string of the molecule is CCCC[Si](CCCC)(CCCC)c1ccc(P(c2ccc([Si](CCCC)(CCCC)CCCC)cc2)N(C)P(c2ccccc2)c2ccccc2C)cc1. The number of benzene rings is 4. The van der Waals surface area contributed by atoms with Gasteiger partial charge < -0.3 is 0 Å². The van der Waals surface area contributed by atoms with Crippen molar-refractivity contribution in [2.24, 2.45) is 0 Å². The van der Waals surface area contributed by atoms with Crippen LogP contribution < -0.4 is 31.6 Å². The summed E-state index contributed by atoms with van der Waals surface area (Å²) in [7, 11) is -2.27. The van der Waals surface area contributed by atoms with Crippen LogP contribution in [0.5, 0.6) is 0 Å². The average molecular weight is 810 g/mol. The quantitative estimate of drug-likeness (QED) is 0.0451. The Bertz CT molecular complexity index is 1510. The van der Waals surface area contributed by atoms with Crippen molar-refractivity contribution in [3.63, 3.8) is 0 Å². The second-order valence-electron chi connectivity index (χ2n) is 16.5. The van der Waals surface area contributed by atoms with E-state index in [9.17, 15) is 0 Å². The molecule has 1 unspecified atom stereocenters. The molecule has 4 aromatic carbocycles. The molecule has 5 heteroatoms. The minimum Gasteiger partial charge on any atom is -0.248 e. The number of aryl methyl sites for hydroxylation is 1. The summed E-state index contributed by atoms with van der Waals surface area (Å²) in [6, 6.07) is 50.2. The maximum absolute atomic E-state index is 2.82. The minimum absolute atomic E-state index is 0.749. The fourth-order valence-corrected chi connectivity index (χ4v) is 26.0. The van der Waals surface area contributed by atoms with E-state index in [4.69, 9.17) is 0 Å². The molecular weight excluding hydrogens is 733 g/mol. The van der Waals surface area contributed by atoms with Gasteiger partial charge in [0, 0.05) is 16.1 Å². The summed E-state index contributed by atoms with van der Waals surface area (Å²) in [5, 5.41) is 9.36. The Morgan fingerprint density at radius 1 is 0.400 bits per heavy atom. The minimum atomic E-state index is -1.59. The Hall–Kier alpha value is -1.87. The third-order valence-corrected chi connectivity index (χ3v) is 29.0. The number of hydrogen-bond donors (Lipinski definition) is 0. The summed E-state index contributed by atoms with van der Waals surface area (Å²) >= 11 is 0. The van der Waals surface area contributed by atoms with Crippen molar-refractivity contribution in [3.8, 4) is 0 Å². The molecular formula is C50H77NP2Si2.